The number of nitrogens with two attached hydrogens (primary N) is 2. The molecule has 6 nitrogen and oxygen atoms in total. The first-order chi connectivity index (χ1) is 11.7. The lowest BCUT2D eigenvalue weighted by molar-refractivity contribution is -0.696. The summed E-state index contributed by atoms with van der Waals surface area (Å²) < 4.78 is 4.28. The van der Waals surface area contributed by atoms with Crippen LogP contribution in [0.2, 0.25) is 0 Å². The van der Waals surface area contributed by atoms with Gasteiger partial charge in [-0.15, -0.1) is 0 Å². The molecule has 0 unspecified atom stereocenters. The summed E-state index contributed by atoms with van der Waals surface area (Å²) in [5, 5.41) is 6.18. The number of halogens is 2. The van der Waals surface area contributed by atoms with Gasteiger partial charge in [0.25, 0.3) is 0 Å². The molecule has 0 bridgehead atoms. The highest BCUT2D eigenvalue weighted by molar-refractivity contribution is 5.37. The number of pyridine rings is 2. The summed E-state index contributed by atoms with van der Waals surface area (Å²) in [6, 6.07) is 8.14. The van der Waals surface area contributed by atoms with E-state index in [-0.39, 0.29) is 34.0 Å². The lowest BCUT2D eigenvalue weighted by atomic mass is 10.4. The van der Waals surface area contributed by atoms with Crippen molar-refractivity contribution in [1.82, 2.24) is 0 Å². The van der Waals surface area contributed by atoms with Crippen molar-refractivity contribution < 1.29 is 43.1 Å². The van der Waals surface area contributed by atoms with E-state index in [9.17, 15) is 0 Å². The Labute approximate surface area is 178 Å². The quantitative estimate of drug-likeness (QED) is 0.278. The Morgan fingerprint density at radius 1 is 0.769 bits per heavy atom. The molecule has 2 heterocycles. The summed E-state index contributed by atoms with van der Waals surface area (Å²) in [5.41, 5.74) is 13.1. The van der Waals surface area contributed by atoms with Gasteiger partial charge in [0, 0.05) is 39.1 Å². The van der Waals surface area contributed by atoms with Crippen LogP contribution in [0.3, 0.4) is 0 Å². The molecule has 2 rings (SSSR count). The minimum absolute atomic E-state index is 0. The van der Waals surface area contributed by atoms with Crippen LogP contribution in [0.5, 0.6) is 0 Å². The van der Waals surface area contributed by atoms with E-state index >= 15 is 0 Å². The maximum Gasteiger partial charge on any atom is 0.192 e. The molecule has 0 aliphatic heterocycles. The first-order valence-corrected chi connectivity index (χ1v) is 8.47. The summed E-state index contributed by atoms with van der Waals surface area (Å²) in [6.45, 7) is 3.48. The van der Waals surface area contributed by atoms with Crippen LogP contribution in [0.1, 0.15) is 12.8 Å². The number of hydrogen-bond donors (Lipinski definition) is 4. The molecule has 0 amide bonds. The normalized spacial score (nSPS) is 9.08. The molecule has 0 saturated carbocycles. The van der Waals surface area contributed by atoms with E-state index < -0.39 is 0 Å². The van der Waals surface area contributed by atoms with Crippen molar-refractivity contribution in [3.63, 3.8) is 0 Å². The van der Waals surface area contributed by atoms with Crippen molar-refractivity contribution in [2.24, 2.45) is 11.5 Å². The molecule has 0 radical (unpaired) electrons. The van der Waals surface area contributed by atoms with Crippen molar-refractivity contribution >= 4 is 11.4 Å². The highest BCUT2D eigenvalue weighted by Gasteiger charge is 2.00. The molecule has 0 saturated heterocycles. The second-order valence-electron chi connectivity index (χ2n) is 5.45. The van der Waals surface area contributed by atoms with E-state index in [1.807, 2.05) is 38.4 Å². The van der Waals surface area contributed by atoms with E-state index in [0.717, 1.165) is 50.4 Å². The first-order valence-electron chi connectivity index (χ1n) is 8.47. The van der Waals surface area contributed by atoms with Gasteiger partial charge in [-0.25, -0.2) is 9.13 Å². The summed E-state index contributed by atoms with van der Waals surface area (Å²) in [7, 11) is 3.84. The van der Waals surface area contributed by atoms with Gasteiger partial charge in [0.1, 0.15) is 13.1 Å². The van der Waals surface area contributed by atoms with Crippen LogP contribution in [0.4, 0.5) is 11.4 Å². The van der Waals surface area contributed by atoms with Crippen LogP contribution in [0.25, 0.3) is 0 Å². The molecular formula is C18H32Br2N6. The molecule has 0 atom stereocenters. The summed E-state index contributed by atoms with van der Waals surface area (Å²) in [6.07, 6.45) is 10.3. The highest BCUT2D eigenvalue weighted by Crippen LogP contribution is 1.99. The molecule has 26 heavy (non-hydrogen) atoms. The fraction of sp³-hybridized carbons (Fsp3) is 0.444. The topological polar surface area (TPSA) is 83.9 Å². The molecule has 0 aromatic carbocycles. The number of aromatic nitrogens is 2. The summed E-state index contributed by atoms with van der Waals surface area (Å²) in [4.78, 5) is 0. The Morgan fingerprint density at radius 2 is 1.15 bits per heavy atom. The number of hydrogen-bond acceptors (Lipinski definition) is 4. The van der Waals surface area contributed by atoms with Gasteiger partial charge in [-0.3, -0.25) is 0 Å². The zero-order valence-corrected chi connectivity index (χ0v) is 18.8. The predicted octanol–water partition coefficient (Wildman–Crippen LogP) is -5.26. The fourth-order valence-electron chi connectivity index (χ4n) is 2.17. The smallest absolute Gasteiger partial charge is 0.192 e. The summed E-state index contributed by atoms with van der Waals surface area (Å²) in [5.74, 6) is 0. The van der Waals surface area contributed by atoms with Gasteiger partial charge >= 0.3 is 0 Å². The number of anilines is 2. The van der Waals surface area contributed by atoms with E-state index in [4.69, 9.17) is 11.5 Å². The van der Waals surface area contributed by atoms with Gasteiger partial charge in [-0.05, 0) is 25.2 Å². The predicted molar refractivity (Wildman–Crippen MR) is 99.7 cm³/mol. The average molecular weight is 492 g/mol. The third-order valence-electron chi connectivity index (χ3n) is 3.53. The SMILES string of the molecule is CNc1ccc[n+](CCCN)c1.CNc1ccc[n+](CCCN)c1.[Br-].[Br-]. The van der Waals surface area contributed by atoms with Gasteiger partial charge in [0.05, 0.1) is 11.4 Å². The van der Waals surface area contributed by atoms with Gasteiger partial charge < -0.3 is 56.1 Å². The van der Waals surface area contributed by atoms with E-state index in [0.29, 0.717) is 0 Å². The number of nitrogens with zero attached hydrogens (tertiary/aromatic N) is 2. The molecule has 2 aromatic rings. The molecule has 0 fully saturated rings. The van der Waals surface area contributed by atoms with Crippen molar-refractivity contribution in [3.05, 3.63) is 49.1 Å². The van der Waals surface area contributed by atoms with Gasteiger partial charge in [0.2, 0.25) is 0 Å². The second kappa shape index (κ2) is 17.2. The van der Waals surface area contributed by atoms with E-state index in [1.165, 1.54) is 0 Å². The number of rotatable bonds is 8. The van der Waals surface area contributed by atoms with E-state index in [1.54, 1.807) is 0 Å². The monoisotopic (exact) mass is 490 g/mol. The Kier molecular flexibility index (Phi) is 17.9. The first kappa shape index (κ1) is 27.0. The van der Waals surface area contributed by atoms with Crippen LogP contribution >= 0.6 is 0 Å². The second-order valence-corrected chi connectivity index (χ2v) is 5.45. The lowest BCUT2D eigenvalue weighted by Crippen LogP contribution is -3.00. The van der Waals surface area contributed by atoms with Crippen LogP contribution in [0.15, 0.2) is 49.1 Å². The molecule has 148 valence electrons. The fourth-order valence-corrected chi connectivity index (χ4v) is 2.17. The molecule has 2 aromatic heterocycles. The van der Waals surface area contributed by atoms with Crippen LogP contribution in [-0.4, -0.2) is 27.2 Å². The maximum atomic E-state index is 5.42. The Morgan fingerprint density at radius 3 is 1.46 bits per heavy atom. The molecule has 0 spiro atoms. The molecule has 8 heteroatoms. The van der Waals surface area contributed by atoms with Gasteiger partial charge in [-0.1, -0.05) is 0 Å². The molecule has 0 aliphatic carbocycles. The molecule has 0 aliphatic rings. The Balaban J connectivity index is 0. The molecular weight excluding hydrogens is 460 g/mol. The average Bonchev–Trinajstić information content (AvgIpc) is 2.65. The van der Waals surface area contributed by atoms with Crippen molar-refractivity contribution in [3.8, 4) is 0 Å². The number of nitrogens with one attached hydrogen (secondary N) is 2. The Hall–Kier alpha value is -1.22. The Bertz CT molecular complexity index is 532. The minimum atomic E-state index is 0. The third kappa shape index (κ3) is 11.4. The molecule has 6 N–H and O–H groups in total. The summed E-state index contributed by atoms with van der Waals surface area (Å²) >= 11 is 0. The highest BCUT2D eigenvalue weighted by atomic mass is 79.9. The maximum absolute atomic E-state index is 5.42. The number of aryl methyl sites for hydroxylation is 2. The third-order valence-corrected chi connectivity index (χ3v) is 3.53. The van der Waals surface area contributed by atoms with Crippen LogP contribution < -0.4 is 65.2 Å². The zero-order valence-electron chi connectivity index (χ0n) is 15.7. The van der Waals surface area contributed by atoms with Crippen molar-refractivity contribution in [1.29, 1.82) is 0 Å². The largest absolute Gasteiger partial charge is 1.00 e. The van der Waals surface area contributed by atoms with Gasteiger partial charge in [0.15, 0.2) is 24.8 Å². The van der Waals surface area contributed by atoms with Crippen LogP contribution in [-0.2, 0) is 13.1 Å². The van der Waals surface area contributed by atoms with Crippen molar-refractivity contribution in [2.75, 3.05) is 37.8 Å². The van der Waals surface area contributed by atoms with E-state index in [2.05, 4.69) is 44.6 Å². The standard InChI is InChI=1S/2C9H16N3.2BrH/c2*1-11-9-4-2-6-12(8-9)7-3-5-10;;/h2*2,4,6,8,11H,3,5,7,10H2,1H3;2*1H/q2*+1;;/p-2. The zero-order chi connectivity index (χ0) is 17.6. The van der Waals surface area contributed by atoms with Crippen LogP contribution in [0, 0.1) is 0 Å². The lowest BCUT2D eigenvalue weighted by Gasteiger charge is -1.98. The minimum Gasteiger partial charge on any atom is -1.00 e. The van der Waals surface area contributed by atoms with Crippen molar-refractivity contribution in [2.45, 2.75) is 25.9 Å². The van der Waals surface area contributed by atoms with Gasteiger partial charge in [-0.2, -0.15) is 0 Å².